The molecule has 0 heterocycles. The summed E-state index contributed by atoms with van der Waals surface area (Å²) in [6, 6.07) is 25.8. The summed E-state index contributed by atoms with van der Waals surface area (Å²) in [6.45, 7) is 0. The predicted octanol–water partition coefficient (Wildman–Crippen LogP) is 7.39. The van der Waals surface area contributed by atoms with Crippen molar-refractivity contribution in [1.82, 2.24) is 0 Å². The first-order chi connectivity index (χ1) is 28.6. The van der Waals surface area contributed by atoms with Crippen LogP contribution >= 0.6 is 0 Å². The quantitative estimate of drug-likeness (QED) is 0.0788. The van der Waals surface area contributed by atoms with Gasteiger partial charge in [-0.25, -0.2) is 28.8 Å². The summed E-state index contributed by atoms with van der Waals surface area (Å²) in [7, 11) is 0. The molecule has 0 bridgehead atoms. The third kappa shape index (κ3) is 8.18. The summed E-state index contributed by atoms with van der Waals surface area (Å²) in [4.78, 5) is 71.3. The summed E-state index contributed by atoms with van der Waals surface area (Å²) >= 11 is 0. The van der Waals surface area contributed by atoms with Gasteiger partial charge in [0.05, 0.1) is 33.4 Å². The number of fused-ring (bicyclic) bond motifs is 3. The van der Waals surface area contributed by atoms with Gasteiger partial charge >= 0.3 is 35.8 Å². The van der Waals surface area contributed by atoms with Crippen LogP contribution < -0.4 is 0 Å². The molecule has 6 aromatic carbocycles. The van der Waals surface area contributed by atoms with Gasteiger partial charge in [-0.3, -0.25) is 0 Å². The van der Waals surface area contributed by atoms with Crippen molar-refractivity contribution in [2.24, 2.45) is 0 Å². The maximum Gasteiger partial charge on any atom is 0.335 e. The Morgan fingerprint density at radius 2 is 0.450 bits per heavy atom. The Balaban J connectivity index is 1.46. The van der Waals surface area contributed by atoms with E-state index in [2.05, 4.69) is 35.5 Å². The highest BCUT2D eigenvalue weighted by molar-refractivity contribution is 5.98. The molecule has 288 valence electrons. The Morgan fingerprint density at radius 1 is 0.250 bits per heavy atom. The lowest BCUT2D eigenvalue weighted by atomic mass is 9.93. The van der Waals surface area contributed by atoms with Gasteiger partial charge in [-0.1, -0.05) is 53.7 Å². The van der Waals surface area contributed by atoms with Gasteiger partial charge in [-0.15, -0.1) is 0 Å². The van der Waals surface area contributed by atoms with Crippen molar-refractivity contribution in [2.45, 2.75) is 0 Å². The van der Waals surface area contributed by atoms with E-state index in [1.807, 2.05) is 0 Å². The minimum Gasteiger partial charge on any atom is -0.478 e. The Bertz CT molecular complexity index is 2700. The second-order valence-electron chi connectivity index (χ2n) is 13.3. The van der Waals surface area contributed by atoms with Crippen LogP contribution in [0.15, 0.2) is 109 Å². The lowest BCUT2D eigenvalue weighted by molar-refractivity contribution is 0.0676. The van der Waals surface area contributed by atoms with Crippen molar-refractivity contribution >= 4 is 35.8 Å². The Hall–Kier alpha value is -9.18. The Kier molecular flexibility index (Phi) is 10.3. The molecule has 0 spiro atoms. The maximum absolute atomic E-state index is 11.9. The molecule has 1 aliphatic rings. The smallest absolute Gasteiger partial charge is 0.335 e. The van der Waals surface area contributed by atoms with Gasteiger partial charge in [0.25, 0.3) is 0 Å². The molecule has 0 saturated heterocycles. The number of benzene rings is 6. The summed E-state index contributed by atoms with van der Waals surface area (Å²) in [5.41, 5.74) is 3.02. The fraction of sp³-hybridized carbons (Fsp3) is 0. The Labute approximate surface area is 339 Å². The molecule has 0 saturated carbocycles. The number of carbonyl (C=O) groups is 6. The summed E-state index contributed by atoms with van der Waals surface area (Å²) in [5.74, 6) is 10.7. The average molecular weight is 793 g/mol. The van der Waals surface area contributed by atoms with E-state index < -0.39 is 35.8 Å². The molecule has 12 nitrogen and oxygen atoms in total. The molecule has 6 N–H and O–H groups in total. The maximum atomic E-state index is 11.9. The van der Waals surface area contributed by atoms with Crippen LogP contribution in [-0.2, 0) is 0 Å². The van der Waals surface area contributed by atoms with Crippen LogP contribution in [0.4, 0.5) is 0 Å². The zero-order valence-corrected chi connectivity index (χ0v) is 30.5. The van der Waals surface area contributed by atoms with E-state index in [9.17, 15) is 59.4 Å². The fourth-order valence-corrected chi connectivity index (χ4v) is 6.34. The van der Waals surface area contributed by atoms with Crippen LogP contribution in [0.25, 0.3) is 33.4 Å². The monoisotopic (exact) mass is 792 g/mol. The molecule has 0 aromatic heterocycles. The Morgan fingerprint density at radius 3 is 0.650 bits per heavy atom. The van der Waals surface area contributed by atoms with Crippen molar-refractivity contribution in [1.29, 1.82) is 0 Å². The molecule has 0 aliphatic heterocycles. The van der Waals surface area contributed by atoms with Gasteiger partial charge < -0.3 is 30.6 Å². The predicted molar refractivity (Wildman–Crippen MR) is 215 cm³/mol. The van der Waals surface area contributed by atoms with Gasteiger partial charge in [0.15, 0.2) is 0 Å². The highest BCUT2D eigenvalue weighted by Crippen LogP contribution is 2.29. The van der Waals surface area contributed by atoms with E-state index in [-0.39, 0.29) is 50.1 Å². The SMILES string of the molecule is O=C(O)c1cc(C(=O)O)cc(-c2ccc3c(c2)C#Cc2ccc(-c4cc(C(=O)O)cc(C(=O)O)c4)cc2C#Cc2ccc(-c4cc(C(=O)O)cc(C(=O)O)c4)cc2C#C3)c1. The van der Waals surface area contributed by atoms with Gasteiger partial charge in [-0.2, -0.15) is 0 Å². The first-order valence-electron chi connectivity index (χ1n) is 17.5. The zero-order valence-electron chi connectivity index (χ0n) is 30.5. The van der Waals surface area contributed by atoms with E-state index in [1.165, 1.54) is 36.4 Å². The van der Waals surface area contributed by atoms with Gasteiger partial charge in [0.2, 0.25) is 0 Å². The van der Waals surface area contributed by atoms with Crippen LogP contribution in [0.3, 0.4) is 0 Å². The van der Waals surface area contributed by atoms with Crippen LogP contribution in [0.2, 0.25) is 0 Å². The number of aromatic carboxylic acids is 6. The second-order valence-corrected chi connectivity index (χ2v) is 13.3. The lowest BCUT2D eigenvalue weighted by Crippen LogP contribution is -2.03. The van der Waals surface area contributed by atoms with E-state index >= 15 is 0 Å². The van der Waals surface area contributed by atoms with Crippen LogP contribution in [0, 0.1) is 35.5 Å². The highest BCUT2D eigenvalue weighted by atomic mass is 16.4. The average Bonchev–Trinajstić information content (AvgIpc) is 3.23. The van der Waals surface area contributed by atoms with Crippen molar-refractivity contribution in [3.05, 3.63) is 176 Å². The number of rotatable bonds is 9. The minimum absolute atomic E-state index is 0.243. The standard InChI is InChI=1S/C48H24O12/c49-43(50)37-16-34(17-38(22-37)44(51)52)31-10-4-25-1-7-28-13-32(35-18-39(45(53)54)23-40(19-35)46(55)56)11-5-26(28)3-9-30-15-33(12-6-27(30)2-8-29(25)14-31)36-20-41(47(57)58)24-42(21-36)48(59)60/h4-6,10-24H,(H,49,50)(H,51,52)(H,53,54)(H,55,56)(H,57,58)(H,59,60). The third-order valence-corrected chi connectivity index (χ3v) is 9.33. The molecular formula is C48H24O12. The minimum atomic E-state index is -1.32. The molecule has 6 aromatic rings. The molecule has 12 heteroatoms. The molecule has 0 radical (unpaired) electrons. The molecule has 60 heavy (non-hydrogen) atoms. The summed E-state index contributed by atoms with van der Waals surface area (Å²) < 4.78 is 0. The molecular weight excluding hydrogens is 769 g/mol. The first kappa shape index (κ1) is 39.1. The van der Waals surface area contributed by atoms with Crippen LogP contribution in [0.5, 0.6) is 0 Å². The fourth-order valence-electron chi connectivity index (χ4n) is 6.34. The summed E-state index contributed by atoms with van der Waals surface area (Å²) in [6.07, 6.45) is 0. The molecule has 0 atom stereocenters. The number of hydrogen-bond donors (Lipinski definition) is 6. The zero-order chi connectivity index (χ0) is 42.8. The first-order valence-corrected chi connectivity index (χ1v) is 17.5. The number of carboxylic acid groups (broad SMARTS) is 6. The number of hydrogen-bond acceptors (Lipinski definition) is 6. The van der Waals surface area contributed by atoms with Crippen molar-refractivity contribution in [3.8, 4) is 68.9 Å². The highest BCUT2D eigenvalue weighted by Gasteiger charge is 2.17. The molecule has 0 amide bonds. The van der Waals surface area contributed by atoms with Gasteiger partial charge in [-0.05, 0) is 124 Å². The van der Waals surface area contributed by atoms with E-state index in [0.717, 1.165) is 18.2 Å². The van der Waals surface area contributed by atoms with Crippen molar-refractivity contribution < 1.29 is 59.4 Å². The van der Waals surface area contributed by atoms with Crippen LogP contribution in [0.1, 0.15) is 95.5 Å². The van der Waals surface area contributed by atoms with Crippen molar-refractivity contribution in [3.63, 3.8) is 0 Å². The number of carboxylic acids is 6. The second kappa shape index (κ2) is 15.8. The van der Waals surface area contributed by atoms with Gasteiger partial charge in [0, 0.05) is 33.4 Å². The van der Waals surface area contributed by atoms with Gasteiger partial charge in [0.1, 0.15) is 0 Å². The topological polar surface area (TPSA) is 224 Å². The molecule has 7 rings (SSSR count). The molecule has 0 fully saturated rings. The van der Waals surface area contributed by atoms with Crippen LogP contribution in [-0.4, -0.2) is 66.5 Å². The third-order valence-electron chi connectivity index (χ3n) is 9.33. The summed E-state index contributed by atoms with van der Waals surface area (Å²) in [5, 5.41) is 58.1. The largest absolute Gasteiger partial charge is 0.478 e. The van der Waals surface area contributed by atoms with E-state index in [1.54, 1.807) is 54.6 Å². The normalized spacial score (nSPS) is 10.8. The molecule has 1 aliphatic carbocycles. The van der Waals surface area contributed by atoms with E-state index in [4.69, 9.17) is 0 Å². The lowest BCUT2D eigenvalue weighted by Gasteiger charge is -2.10. The molecule has 0 unspecified atom stereocenters. The van der Waals surface area contributed by atoms with E-state index in [0.29, 0.717) is 50.1 Å². The van der Waals surface area contributed by atoms with Crippen molar-refractivity contribution in [2.75, 3.05) is 0 Å².